The standard InChI is InChI=1S/C14H19N4/c1-9-5-11-13(6-10(9)2)18(4)14-12(16-11)7-17(3)8-15-14/h5-6,16H,7-8H2,1-4H3. The van der Waals surface area contributed by atoms with Gasteiger partial charge in [0.05, 0.1) is 23.7 Å². The number of fused-ring (bicyclic) bond motifs is 1. The predicted octanol–water partition coefficient (Wildman–Crippen LogP) is 1.84. The van der Waals surface area contributed by atoms with Crippen LogP contribution < -0.4 is 15.5 Å². The Balaban J connectivity index is 2.06. The zero-order valence-corrected chi connectivity index (χ0v) is 11.4. The molecule has 2 aliphatic rings. The summed E-state index contributed by atoms with van der Waals surface area (Å²) < 4.78 is 0. The van der Waals surface area contributed by atoms with Crippen molar-refractivity contribution in [3.05, 3.63) is 34.8 Å². The minimum atomic E-state index is 0.769. The van der Waals surface area contributed by atoms with Crippen LogP contribution >= 0.6 is 0 Å². The number of nitrogens with zero attached hydrogens (tertiary/aromatic N) is 3. The number of likely N-dealkylation sites (N-methyl/N-ethyl adjacent to an activating group) is 1. The van der Waals surface area contributed by atoms with Crippen LogP contribution in [0.1, 0.15) is 11.1 Å². The maximum atomic E-state index is 4.63. The first-order chi connectivity index (χ1) is 8.56. The lowest BCUT2D eigenvalue weighted by molar-refractivity contribution is 0.317. The van der Waals surface area contributed by atoms with Crippen molar-refractivity contribution in [1.82, 2.24) is 10.2 Å². The fourth-order valence-corrected chi connectivity index (χ4v) is 2.53. The molecule has 1 aromatic rings. The van der Waals surface area contributed by atoms with Crippen molar-refractivity contribution in [2.24, 2.45) is 0 Å². The highest BCUT2D eigenvalue weighted by Gasteiger charge is 2.27. The highest BCUT2D eigenvalue weighted by Crippen LogP contribution is 2.36. The fraction of sp³-hybridized carbons (Fsp3) is 0.429. The summed E-state index contributed by atoms with van der Waals surface area (Å²) in [4.78, 5) is 4.40. The fourth-order valence-electron chi connectivity index (χ4n) is 2.53. The lowest BCUT2D eigenvalue weighted by Gasteiger charge is -2.38. The molecule has 4 nitrogen and oxygen atoms in total. The number of hydrogen-bond donors (Lipinski definition) is 1. The summed E-state index contributed by atoms with van der Waals surface area (Å²) in [6.45, 7) is 6.00. The average molecular weight is 243 g/mol. The van der Waals surface area contributed by atoms with Crippen molar-refractivity contribution in [2.75, 3.05) is 37.5 Å². The minimum absolute atomic E-state index is 0.769. The van der Waals surface area contributed by atoms with Crippen LogP contribution in [0.5, 0.6) is 0 Å². The van der Waals surface area contributed by atoms with Crippen LogP contribution in [-0.4, -0.2) is 32.2 Å². The number of benzene rings is 1. The first kappa shape index (κ1) is 11.4. The molecule has 0 aromatic heterocycles. The Morgan fingerprint density at radius 3 is 2.67 bits per heavy atom. The van der Waals surface area contributed by atoms with Crippen molar-refractivity contribution in [3.8, 4) is 0 Å². The number of aryl methyl sites for hydroxylation is 2. The van der Waals surface area contributed by atoms with E-state index in [9.17, 15) is 0 Å². The molecular weight excluding hydrogens is 224 g/mol. The number of anilines is 2. The molecule has 0 amide bonds. The predicted molar refractivity (Wildman–Crippen MR) is 74.6 cm³/mol. The third kappa shape index (κ3) is 1.64. The van der Waals surface area contributed by atoms with E-state index in [1.54, 1.807) is 0 Å². The summed E-state index contributed by atoms with van der Waals surface area (Å²) in [5.74, 6) is 1.07. The van der Waals surface area contributed by atoms with Gasteiger partial charge < -0.3 is 10.2 Å². The molecule has 2 aliphatic heterocycles. The average Bonchev–Trinajstić information content (AvgIpc) is 2.32. The van der Waals surface area contributed by atoms with Gasteiger partial charge in [0, 0.05) is 13.6 Å². The topological polar surface area (TPSA) is 32.6 Å². The maximum Gasteiger partial charge on any atom is 0.150 e. The summed E-state index contributed by atoms with van der Waals surface area (Å²) in [5, 5.41) is 8.16. The van der Waals surface area contributed by atoms with E-state index in [-0.39, 0.29) is 0 Å². The van der Waals surface area contributed by atoms with Crippen LogP contribution in [0.2, 0.25) is 0 Å². The van der Waals surface area contributed by atoms with E-state index in [2.05, 4.69) is 60.5 Å². The Kier molecular flexibility index (Phi) is 2.48. The van der Waals surface area contributed by atoms with Crippen molar-refractivity contribution in [1.29, 1.82) is 0 Å². The molecule has 0 atom stereocenters. The van der Waals surface area contributed by atoms with Gasteiger partial charge in [-0.3, -0.25) is 10.2 Å². The second kappa shape index (κ2) is 3.92. The molecule has 18 heavy (non-hydrogen) atoms. The van der Waals surface area contributed by atoms with E-state index in [4.69, 9.17) is 0 Å². The van der Waals surface area contributed by atoms with Crippen LogP contribution in [-0.2, 0) is 0 Å². The van der Waals surface area contributed by atoms with E-state index < -0.39 is 0 Å². The van der Waals surface area contributed by atoms with Crippen LogP contribution in [0.4, 0.5) is 11.4 Å². The summed E-state index contributed by atoms with van der Waals surface area (Å²) in [7, 11) is 4.18. The Labute approximate surface area is 108 Å². The largest absolute Gasteiger partial charge is 0.353 e. The molecule has 1 radical (unpaired) electrons. The molecule has 0 saturated carbocycles. The second-order valence-electron chi connectivity index (χ2n) is 5.25. The van der Waals surface area contributed by atoms with Gasteiger partial charge in [0.15, 0.2) is 0 Å². The molecule has 1 N–H and O–H groups in total. The van der Waals surface area contributed by atoms with E-state index >= 15 is 0 Å². The van der Waals surface area contributed by atoms with Gasteiger partial charge in [-0.05, 0) is 44.2 Å². The number of hydrogen-bond acceptors (Lipinski definition) is 3. The molecule has 3 rings (SSSR count). The third-order valence-electron chi connectivity index (χ3n) is 3.74. The van der Waals surface area contributed by atoms with E-state index in [0.717, 1.165) is 19.0 Å². The quantitative estimate of drug-likeness (QED) is 0.754. The number of nitrogens with one attached hydrogen (secondary N) is 1. The molecule has 0 aliphatic carbocycles. The van der Waals surface area contributed by atoms with Crippen molar-refractivity contribution in [3.63, 3.8) is 0 Å². The van der Waals surface area contributed by atoms with Gasteiger partial charge in [0.2, 0.25) is 0 Å². The minimum Gasteiger partial charge on any atom is -0.353 e. The molecule has 95 valence electrons. The van der Waals surface area contributed by atoms with Crippen LogP contribution in [0.25, 0.3) is 0 Å². The first-order valence-corrected chi connectivity index (χ1v) is 6.27. The van der Waals surface area contributed by atoms with Gasteiger partial charge in [-0.2, -0.15) is 0 Å². The molecule has 1 aromatic carbocycles. The third-order valence-corrected chi connectivity index (χ3v) is 3.74. The van der Waals surface area contributed by atoms with Crippen LogP contribution in [0.3, 0.4) is 0 Å². The monoisotopic (exact) mass is 243 g/mol. The first-order valence-electron chi connectivity index (χ1n) is 6.27. The van der Waals surface area contributed by atoms with Gasteiger partial charge >= 0.3 is 0 Å². The van der Waals surface area contributed by atoms with Gasteiger partial charge in [0.1, 0.15) is 5.82 Å². The Morgan fingerprint density at radius 1 is 1.17 bits per heavy atom. The van der Waals surface area contributed by atoms with Gasteiger partial charge in [-0.25, -0.2) is 0 Å². The lowest BCUT2D eigenvalue weighted by atomic mass is 10.0. The maximum absolute atomic E-state index is 4.63. The van der Waals surface area contributed by atoms with Gasteiger partial charge in [0.25, 0.3) is 0 Å². The summed E-state index contributed by atoms with van der Waals surface area (Å²) in [6.07, 6.45) is 0. The molecular formula is C14H19N4. The molecule has 0 fully saturated rings. The molecule has 0 unspecified atom stereocenters. The highest BCUT2D eigenvalue weighted by molar-refractivity contribution is 5.79. The van der Waals surface area contributed by atoms with E-state index in [0.29, 0.717) is 0 Å². The lowest BCUT2D eigenvalue weighted by Crippen LogP contribution is -2.43. The summed E-state index contributed by atoms with van der Waals surface area (Å²) in [6, 6.07) is 4.45. The Bertz CT molecular complexity index is 533. The molecule has 0 bridgehead atoms. The molecule has 0 saturated heterocycles. The van der Waals surface area contributed by atoms with E-state index in [1.807, 2.05) is 0 Å². The smallest absolute Gasteiger partial charge is 0.150 e. The zero-order chi connectivity index (χ0) is 12.9. The molecule has 2 heterocycles. The van der Waals surface area contributed by atoms with Gasteiger partial charge in [-0.1, -0.05) is 0 Å². The van der Waals surface area contributed by atoms with E-state index in [1.165, 1.54) is 28.2 Å². The Hall–Kier alpha value is -1.68. The highest BCUT2D eigenvalue weighted by atomic mass is 15.4. The molecule has 4 heteroatoms. The van der Waals surface area contributed by atoms with Crippen molar-refractivity contribution >= 4 is 11.4 Å². The van der Waals surface area contributed by atoms with Crippen molar-refractivity contribution < 1.29 is 0 Å². The number of rotatable bonds is 0. The SMILES string of the molecule is Cc1cc2c(cc1C)N(C)C1=C(CN(C)C[N]1)N2. The van der Waals surface area contributed by atoms with Crippen LogP contribution in [0.15, 0.2) is 23.7 Å². The molecule has 0 spiro atoms. The van der Waals surface area contributed by atoms with Crippen molar-refractivity contribution in [2.45, 2.75) is 13.8 Å². The van der Waals surface area contributed by atoms with Gasteiger partial charge in [-0.15, -0.1) is 0 Å². The Morgan fingerprint density at radius 2 is 1.89 bits per heavy atom. The summed E-state index contributed by atoms with van der Waals surface area (Å²) >= 11 is 0. The summed E-state index contributed by atoms with van der Waals surface area (Å²) in [5.41, 5.74) is 6.23. The van der Waals surface area contributed by atoms with Crippen LogP contribution in [0, 0.1) is 13.8 Å². The zero-order valence-electron chi connectivity index (χ0n) is 11.4. The second-order valence-corrected chi connectivity index (χ2v) is 5.25. The normalized spacial score (nSPS) is 19.0.